The van der Waals surface area contributed by atoms with E-state index in [1.807, 2.05) is 61.2 Å². The molecule has 0 unspecified atom stereocenters. The first-order valence-corrected chi connectivity index (χ1v) is 11.8. The van der Waals surface area contributed by atoms with E-state index in [2.05, 4.69) is 9.97 Å². The number of piperidine rings is 1. The molecule has 0 aliphatic carbocycles. The molecule has 1 aliphatic rings. The number of carbonyl (C=O) groups excluding carboxylic acids is 1. The first-order chi connectivity index (χ1) is 15.5. The van der Waals surface area contributed by atoms with E-state index < -0.39 is 0 Å². The van der Waals surface area contributed by atoms with Gasteiger partial charge in [0.2, 0.25) is 5.95 Å². The van der Waals surface area contributed by atoms with Crippen LogP contribution in [0.1, 0.15) is 46.0 Å². The van der Waals surface area contributed by atoms with E-state index in [0.29, 0.717) is 30.0 Å². The molecule has 5 nitrogen and oxygen atoms in total. The van der Waals surface area contributed by atoms with Gasteiger partial charge in [0.05, 0.1) is 15.6 Å². The van der Waals surface area contributed by atoms with Crippen molar-refractivity contribution >= 4 is 22.9 Å². The van der Waals surface area contributed by atoms with Gasteiger partial charge in [0, 0.05) is 25.2 Å². The lowest BCUT2D eigenvalue weighted by Gasteiger charge is -2.35. The fourth-order valence-corrected chi connectivity index (χ4v) is 5.46. The SMILES string of the molecule is Cc1nc(C(=O)N2CCCC[C@H]2Cc2nc3c(C)cccn3c2F)c(-c2ccccc2)s1. The highest BCUT2D eigenvalue weighted by Gasteiger charge is 2.32. The number of hydrogen-bond acceptors (Lipinski definition) is 4. The van der Waals surface area contributed by atoms with E-state index in [0.717, 1.165) is 40.3 Å². The second-order valence-corrected chi connectivity index (χ2v) is 9.57. The summed E-state index contributed by atoms with van der Waals surface area (Å²) in [4.78, 5) is 25.6. The van der Waals surface area contributed by atoms with Crippen LogP contribution in [0.4, 0.5) is 4.39 Å². The Morgan fingerprint density at radius 1 is 1.12 bits per heavy atom. The van der Waals surface area contributed by atoms with Crippen LogP contribution in [0, 0.1) is 19.8 Å². The molecule has 1 aliphatic heterocycles. The summed E-state index contributed by atoms with van der Waals surface area (Å²) in [5.41, 5.74) is 3.48. The second kappa shape index (κ2) is 8.47. The van der Waals surface area contributed by atoms with Crippen molar-refractivity contribution in [2.45, 2.75) is 45.6 Å². The van der Waals surface area contributed by atoms with Crippen molar-refractivity contribution in [2.24, 2.45) is 0 Å². The van der Waals surface area contributed by atoms with E-state index in [1.54, 1.807) is 6.20 Å². The van der Waals surface area contributed by atoms with Gasteiger partial charge in [0.1, 0.15) is 11.3 Å². The molecule has 32 heavy (non-hydrogen) atoms. The lowest BCUT2D eigenvalue weighted by molar-refractivity contribution is 0.0606. The number of nitrogens with zero attached hydrogens (tertiary/aromatic N) is 4. The normalized spacial score (nSPS) is 16.6. The summed E-state index contributed by atoms with van der Waals surface area (Å²) in [7, 11) is 0. The van der Waals surface area contributed by atoms with Crippen LogP contribution in [0.3, 0.4) is 0 Å². The molecule has 3 aromatic heterocycles. The van der Waals surface area contributed by atoms with Gasteiger partial charge in [-0.25, -0.2) is 9.97 Å². The third-order valence-corrected chi connectivity index (χ3v) is 7.16. The maximum atomic E-state index is 15.1. The molecule has 1 atom stereocenters. The van der Waals surface area contributed by atoms with Crippen molar-refractivity contribution in [2.75, 3.05) is 6.54 Å². The number of pyridine rings is 1. The summed E-state index contributed by atoms with van der Waals surface area (Å²) in [6.07, 6.45) is 4.90. The van der Waals surface area contributed by atoms with Gasteiger partial charge in [0.15, 0.2) is 0 Å². The van der Waals surface area contributed by atoms with E-state index in [1.165, 1.54) is 15.7 Å². The van der Waals surface area contributed by atoms with Gasteiger partial charge in [-0.2, -0.15) is 4.39 Å². The zero-order chi connectivity index (χ0) is 22.2. The van der Waals surface area contributed by atoms with E-state index in [9.17, 15) is 4.79 Å². The number of halogens is 1. The third-order valence-electron chi connectivity index (χ3n) is 6.14. The number of aryl methyl sites for hydroxylation is 2. The molecule has 0 saturated carbocycles. The summed E-state index contributed by atoms with van der Waals surface area (Å²) < 4.78 is 16.6. The highest BCUT2D eigenvalue weighted by molar-refractivity contribution is 7.15. The Morgan fingerprint density at radius 2 is 1.94 bits per heavy atom. The molecule has 1 aromatic carbocycles. The van der Waals surface area contributed by atoms with E-state index in [4.69, 9.17) is 0 Å². The minimum atomic E-state index is -0.337. The van der Waals surface area contributed by atoms with Crippen molar-refractivity contribution < 1.29 is 9.18 Å². The molecule has 164 valence electrons. The van der Waals surface area contributed by atoms with Crippen molar-refractivity contribution in [3.8, 4) is 10.4 Å². The Labute approximate surface area is 190 Å². The number of amides is 1. The summed E-state index contributed by atoms with van der Waals surface area (Å²) in [5.74, 6) is -0.408. The van der Waals surface area contributed by atoms with Gasteiger partial charge in [-0.05, 0) is 50.3 Å². The van der Waals surface area contributed by atoms with E-state index >= 15 is 4.39 Å². The van der Waals surface area contributed by atoms with Crippen molar-refractivity contribution in [3.05, 3.63) is 76.6 Å². The summed E-state index contributed by atoms with van der Waals surface area (Å²) in [5, 5.41) is 0.864. The number of hydrogen-bond donors (Lipinski definition) is 0. The highest BCUT2D eigenvalue weighted by Crippen LogP contribution is 2.33. The number of rotatable bonds is 4. The summed E-state index contributed by atoms with van der Waals surface area (Å²) >= 11 is 1.54. The van der Waals surface area contributed by atoms with Crippen LogP contribution in [0.2, 0.25) is 0 Å². The van der Waals surface area contributed by atoms with Crippen LogP contribution in [-0.4, -0.2) is 37.8 Å². The fraction of sp³-hybridized carbons (Fsp3) is 0.320. The molecule has 7 heteroatoms. The molecule has 1 saturated heterocycles. The van der Waals surface area contributed by atoms with Crippen LogP contribution in [0.5, 0.6) is 0 Å². The minimum absolute atomic E-state index is 0.0711. The number of imidazole rings is 1. The second-order valence-electron chi connectivity index (χ2n) is 8.36. The van der Waals surface area contributed by atoms with Crippen LogP contribution in [0.25, 0.3) is 16.1 Å². The molecule has 0 radical (unpaired) electrons. The molecule has 1 fully saturated rings. The largest absolute Gasteiger partial charge is 0.334 e. The van der Waals surface area contributed by atoms with Gasteiger partial charge >= 0.3 is 0 Å². The van der Waals surface area contributed by atoms with Gasteiger partial charge in [-0.3, -0.25) is 9.20 Å². The van der Waals surface area contributed by atoms with Gasteiger partial charge in [0.25, 0.3) is 5.91 Å². The standard InChI is InChI=1S/C25H25FN4OS/c1-16-9-8-14-30-23(26)20(28-24(16)30)15-19-12-6-7-13-29(19)25(31)21-22(32-17(2)27-21)18-10-4-3-5-11-18/h3-5,8-11,14,19H,6-7,12-13,15H2,1-2H3/t19-/m0/s1. The maximum absolute atomic E-state index is 15.1. The number of aromatic nitrogens is 3. The van der Waals surface area contributed by atoms with Gasteiger partial charge < -0.3 is 4.90 Å². The minimum Gasteiger partial charge on any atom is -0.334 e. The molecule has 1 amide bonds. The van der Waals surface area contributed by atoms with E-state index in [-0.39, 0.29) is 17.9 Å². The number of fused-ring (bicyclic) bond motifs is 1. The number of likely N-dealkylation sites (tertiary alicyclic amines) is 1. The Kier molecular flexibility index (Phi) is 5.51. The van der Waals surface area contributed by atoms with Crippen LogP contribution < -0.4 is 0 Å². The predicted octanol–water partition coefficient (Wildman–Crippen LogP) is 5.45. The van der Waals surface area contributed by atoms with Crippen molar-refractivity contribution in [3.63, 3.8) is 0 Å². The third kappa shape index (κ3) is 3.71. The smallest absolute Gasteiger partial charge is 0.274 e. The molecule has 5 rings (SSSR count). The fourth-order valence-electron chi connectivity index (χ4n) is 4.55. The number of carbonyl (C=O) groups is 1. The van der Waals surface area contributed by atoms with Gasteiger partial charge in [-0.1, -0.05) is 36.4 Å². The first kappa shape index (κ1) is 20.8. The van der Waals surface area contributed by atoms with Crippen LogP contribution >= 0.6 is 11.3 Å². The molecule has 4 aromatic rings. The molecule has 0 N–H and O–H groups in total. The molecular weight excluding hydrogens is 423 g/mol. The average Bonchev–Trinajstić information content (AvgIpc) is 3.36. The first-order valence-electron chi connectivity index (χ1n) is 11.0. The maximum Gasteiger partial charge on any atom is 0.274 e. The van der Waals surface area contributed by atoms with Gasteiger partial charge in [-0.15, -0.1) is 11.3 Å². The predicted molar refractivity (Wildman–Crippen MR) is 125 cm³/mol. The summed E-state index contributed by atoms with van der Waals surface area (Å²) in [6, 6.07) is 13.6. The molecule has 4 heterocycles. The van der Waals surface area contributed by atoms with Crippen molar-refractivity contribution in [1.82, 2.24) is 19.3 Å². The Bertz CT molecular complexity index is 1280. The average molecular weight is 449 g/mol. The lowest BCUT2D eigenvalue weighted by atomic mass is 9.97. The van der Waals surface area contributed by atoms with Crippen LogP contribution in [0.15, 0.2) is 48.7 Å². The Balaban J connectivity index is 1.47. The Morgan fingerprint density at radius 3 is 2.72 bits per heavy atom. The zero-order valence-electron chi connectivity index (χ0n) is 18.2. The van der Waals surface area contributed by atoms with Crippen LogP contribution in [-0.2, 0) is 6.42 Å². The van der Waals surface area contributed by atoms with Crippen molar-refractivity contribution in [1.29, 1.82) is 0 Å². The molecule has 0 spiro atoms. The number of thiazole rings is 1. The molecule has 0 bridgehead atoms. The molecular formula is C25H25FN4OS. The topological polar surface area (TPSA) is 50.5 Å². The highest BCUT2D eigenvalue weighted by atomic mass is 32.1. The quantitative estimate of drug-likeness (QED) is 0.417. The Hall–Kier alpha value is -3.06. The summed E-state index contributed by atoms with van der Waals surface area (Å²) in [6.45, 7) is 4.51. The number of benzene rings is 1. The zero-order valence-corrected chi connectivity index (χ0v) is 19.0. The lowest BCUT2D eigenvalue weighted by Crippen LogP contribution is -2.45. The monoisotopic (exact) mass is 448 g/mol.